The maximum Gasteiger partial charge on any atom is 0.244 e. The van der Waals surface area contributed by atoms with E-state index in [-0.39, 0.29) is 24.8 Å². The SMILES string of the molecule is CCN(CC(=O)Nc1c(Cl)cccc1Cl)C(=O)Cc1csc(-c2cccc(C)c2)n1. The summed E-state index contributed by atoms with van der Waals surface area (Å²) in [6.45, 7) is 4.16. The average molecular weight is 462 g/mol. The molecule has 0 fully saturated rings. The molecular weight excluding hydrogens is 441 g/mol. The number of carbonyl (C=O) groups excluding carboxylic acids is 2. The molecule has 156 valence electrons. The molecule has 5 nitrogen and oxygen atoms in total. The van der Waals surface area contributed by atoms with Crippen LogP contribution in [0.2, 0.25) is 10.0 Å². The van der Waals surface area contributed by atoms with Crippen molar-refractivity contribution in [1.29, 1.82) is 0 Å². The van der Waals surface area contributed by atoms with E-state index in [2.05, 4.69) is 16.4 Å². The Balaban J connectivity index is 1.63. The minimum atomic E-state index is -0.362. The van der Waals surface area contributed by atoms with Gasteiger partial charge in [0.25, 0.3) is 0 Å². The highest BCUT2D eigenvalue weighted by atomic mass is 35.5. The summed E-state index contributed by atoms with van der Waals surface area (Å²) in [7, 11) is 0. The van der Waals surface area contributed by atoms with Gasteiger partial charge in [0.2, 0.25) is 11.8 Å². The summed E-state index contributed by atoms with van der Waals surface area (Å²) < 4.78 is 0. The van der Waals surface area contributed by atoms with Crippen LogP contribution in [0.3, 0.4) is 0 Å². The summed E-state index contributed by atoms with van der Waals surface area (Å²) in [5.41, 5.74) is 3.22. The van der Waals surface area contributed by atoms with Gasteiger partial charge in [-0.15, -0.1) is 11.3 Å². The number of aromatic nitrogens is 1. The van der Waals surface area contributed by atoms with E-state index in [0.717, 1.165) is 16.1 Å². The number of benzene rings is 2. The van der Waals surface area contributed by atoms with Crippen LogP contribution in [0, 0.1) is 6.92 Å². The first-order valence-electron chi connectivity index (χ1n) is 9.40. The molecule has 0 radical (unpaired) electrons. The molecule has 2 amide bonds. The van der Waals surface area contributed by atoms with Crippen LogP contribution in [0.4, 0.5) is 5.69 Å². The van der Waals surface area contributed by atoms with Gasteiger partial charge in [-0.3, -0.25) is 9.59 Å². The Morgan fingerprint density at radius 1 is 1.13 bits per heavy atom. The normalized spacial score (nSPS) is 10.7. The van der Waals surface area contributed by atoms with Crippen molar-refractivity contribution in [2.45, 2.75) is 20.3 Å². The van der Waals surface area contributed by atoms with E-state index < -0.39 is 0 Å². The third-order valence-electron chi connectivity index (χ3n) is 4.45. The van der Waals surface area contributed by atoms with Gasteiger partial charge in [0.15, 0.2) is 0 Å². The molecule has 1 aromatic heterocycles. The van der Waals surface area contributed by atoms with E-state index in [1.165, 1.54) is 16.2 Å². The molecule has 0 atom stereocenters. The second-order valence-corrected chi connectivity index (χ2v) is 8.42. The Morgan fingerprint density at radius 3 is 2.50 bits per heavy atom. The van der Waals surface area contributed by atoms with Gasteiger partial charge in [0.1, 0.15) is 5.01 Å². The van der Waals surface area contributed by atoms with Crippen molar-refractivity contribution in [2.24, 2.45) is 0 Å². The summed E-state index contributed by atoms with van der Waals surface area (Å²) in [6, 6.07) is 13.1. The van der Waals surface area contributed by atoms with E-state index >= 15 is 0 Å². The lowest BCUT2D eigenvalue weighted by Crippen LogP contribution is -2.38. The number of anilines is 1. The van der Waals surface area contributed by atoms with Gasteiger partial charge in [-0.2, -0.15) is 0 Å². The zero-order valence-corrected chi connectivity index (χ0v) is 18.9. The van der Waals surface area contributed by atoms with Crippen molar-refractivity contribution < 1.29 is 9.59 Å². The van der Waals surface area contributed by atoms with Crippen LogP contribution in [0.15, 0.2) is 47.8 Å². The van der Waals surface area contributed by atoms with Crippen molar-refractivity contribution in [3.05, 3.63) is 69.1 Å². The number of likely N-dealkylation sites (N-methyl/N-ethyl adjacent to an activating group) is 1. The molecular formula is C22H21Cl2N3O2S. The molecule has 3 aromatic rings. The standard InChI is InChI=1S/C22H21Cl2N3O2S/c1-3-27(12-19(28)26-21-17(23)8-5-9-18(21)24)20(29)11-16-13-30-22(25-16)15-7-4-6-14(2)10-15/h4-10,13H,3,11-12H2,1-2H3,(H,26,28). The zero-order chi connectivity index (χ0) is 21.7. The molecule has 0 aliphatic heterocycles. The van der Waals surface area contributed by atoms with Crippen molar-refractivity contribution in [2.75, 3.05) is 18.4 Å². The number of aryl methyl sites for hydroxylation is 1. The van der Waals surface area contributed by atoms with Crippen molar-refractivity contribution in [3.8, 4) is 10.6 Å². The first-order valence-corrected chi connectivity index (χ1v) is 11.0. The fourth-order valence-corrected chi connectivity index (χ4v) is 4.22. The maximum absolute atomic E-state index is 12.7. The van der Waals surface area contributed by atoms with E-state index in [4.69, 9.17) is 23.2 Å². The number of halogens is 2. The highest BCUT2D eigenvalue weighted by Gasteiger charge is 2.19. The quantitative estimate of drug-likeness (QED) is 0.508. The molecule has 1 N–H and O–H groups in total. The lowest BCUT2D eigenvalue weighted by atomic mass is 10.1. The molecule has 0 aliphatic rings. The first-order chi connectivity index (χ1) is 14.4. The maximum atomic E-state index is 12.7. The van der Waals surface area contributed by atoms with Crippen LogP contribution in [-0.2, 0) is 16.0 Å². The predicted octanol–water partition coefficient (Wildman–Crippen LogP) is 5.46. The molecule has 1 heterocycles. The van der Waals surface area contributed by atoms with Gasteiger partial charge in [-0.05, 0) is 32.0 Å². The number of para-hydroxylation sites is 1. The van der Waals surface area contributed by atoms with Crippen LogP contribution >= 0.6 is 34.5 Å². The number of nitrogens with one attached hydrogen (secondary N) is 1. The fraction of sp³-hybridized carbons (Fsp3) is 0.227. The molecule has 30 heavy (non-hydrogen) atoms. The third-order valence-corrected chi connectivity index (χ3v) is 6.02. The monoisotopic (exact) mass is 461 g/mol. The summed E-state index contributed by atoms with van der Waals surface area (Å²) in [5, 5.41) is 6.12. The molecule has 0 bridgehead atoms. The summed E-state index contributed by atoms with van der Waals surface area (Å²) in [5.74, 6) is -0.530. The number of thiazole rings is 1. The highest BCUT2D eigenvalue weighted by molar-refractivity contribution is 7.13. The first kappa shape index (κ1) is 22.3. The van der Waals surface area contributed by atoms with Crippen LogP contribution in [0.5, 0.6) is 0 Å². The van der Waals surface area contributed by atoms with Crippen molar-refractivity contribution in [3.63, 3.8) is 0 Å². The summed E-state index contributed by atoms with van der Waals surface area (Å²) >= 11 is 13.7. The number of nitrogens with zero attached hydrogens (tertiary/aromatic N) is 2. The minimum Gasteiger partial charge on any atom is -0.333 e. The Bertz CT molecular complexity index is 1050. The molecule has 0 saturated heterocycles. The molecule has 0 saturated carbocycles. The average Bonchev–Trinajstić information content (AvgIpc) is 3.17. The van der Waals surface area contributed by atoms with Gasteiger partial charge in [0.05, 0.1) is 34.4 Å². The van der Waals surface area contributed by atoms with Gasteiger partial charge in [0, 0.05) is 17.5 Å². The second kappa shape index (κ2) is 10.1. The molecule has 0 unspecified atom stereocenters. The zero-order valence-electron chi connectivity index (χ0n) is 16.6. The smallest absolute Gasteiger partial charge is 0.244 e. The van der Waals surface area contributed by atoms with E-state index in [9.17, 15) is 9.59 Å². The molecule has 0 spiro atoms. The topological polar surface area (TPSA) is 62.3 Å². The molecule has 8 heteroatoms. The summed E-state index contributed by atoms with van der Waals surface area (Å²) in [6.07, 6.45) is 0.135. The lowest BCUT2D eigenvalue weighted by Gasteiger charge is -2.20. The summed E-state index contributed by atoms with van der Waals surface area (Å²) in [4.78, 5) is 31.2. The Labute approximate surface area is 189 Å². The van der Waals surface area contributed by atoms with Crippen LogP contribution in [-0.4, -0.2) is 34.8 Å². The van der Waals surface area contributed by atoms with Gasteiger partial charge < -0.3 is 10.2 Å². The van der Waals surface area contributed by atoms with Crippen LogP contribution < -0.4 is 5.32 Å². The third kappa shape index (κ3) is 5.59. The minimum absolute atomic E-state index is 0.0915. The number of hydrogen-bond acceptors (Lipinski definition) is 4. The second-order valence-electron chi connectivity index (χ2n) is 6.74. The van der Waals surface area contributed by atoms with E-state index in [1.54, 1.807) is 18.2 Å². The Kier molecular flexibility index (Phi) is 7.48. The lowest BCUT2D eigenvalue weighted by molar-refractivity contribution is -0.133. The van der Waals surface area contributed by atoms with Gasteiger partial charge in [-0.25, -0.2) is 4.98 Å². The number of hydrogen-bond donors (Lipinski definition) is 1. The number of rotatable bonds is 7. The van der Waals surface area contributed by atoms with Gasteiger partial charge >= 0.3 is 0 Å². The molecule has 3 rings (SSSR count). The largest absolute Gasteiger partial charge is 0.333 e. The van der Waals surface area contributed by atoms with Crippen LogP contribution in [0.1, 0.15) is 18.2 Å². The van der Waals surface area contributed by atoms with Gasteiger partial charge in [-0.1, -0.05) is 53.0 Å². The fourth-order valence-electron chi connectivity index (χ4n) is 2.91. The number of amides is 2. The Hall–Kier alpha value is -2.41. The van der Waals surface area contributed by atoms with Crippen molar-refractivity contribution in [1.82, 2.24) is 9.88 Å². The van der Waals surface area contributed by atoms with Crippen LogP contribution in [0.25, 0.3) is 10.6 Å². The van der Waals surface area contributed by atoms with E-state index in [0.29, 0.717) is 28.0 Å². The molecule has 0 aliphatic carbocycles. The van der Waals surface area contributed by atoms with Crippen molar-refractivity contribution >= 4 is 52.0 Å². The number of carbonyl (C=O) groups is 2. The van der Waals surface area contributed by atoms with E-state index in [1.807, 2.05) is 37.4 Å². The Morgan fingerprint density at radius 2 is 1.83 bits per heavy atom. The highest BCUT2D eigenvalue weighted by Crippen LogP contribution is 2.29. The predicted molar refractivity (Wildman–Crippen MR) is 123 cm³/mol. The molecule has 2 aromatic carbocycles.